The van der Waals surface area contributed by atoms with Crippen molar-refractivity contribution in [1.82, 2.24) is 0 Å². The monoisotopic (exact) mass is 514 g/mol. The number of carbonyl (C=O) groups excluding carboxylic acids is 2. The Morgan fingerprint density at radius 1 is 1.05 bits per heavy atom. The van der Waals surface area contributed by atoms with Crippen LogP contribution < -0.4 is 0 Å². The minimum Gasteiger partial charge on any atom is -0.462 e. The van der Waals surface area contributed by atoms with Crippen LogP contribution in [0.15, 0.2) is 47.6 Å². The van der Waals surface area contributed by atoms with Crippen molar-refractivity contribution in [2.24, 2.45) is 10.8 Å². The van der Waals surface area contributed by atoms with Gasteiger partial charge < -0.3 is 28.8 Å². The Kier molecular flexibility index (Phi) is 6.98. The van der Waals surface area contributed by atoms with Crippen molar-refractivity contribution in [3.63, 3.8) is 0 Å². The van der Waals surface area contributed by atoms with E-state index in [0.29, 0.717) is 26.1 Å². The van der Waals surface area contributed by atoms with Crippen LogP contribution in [0.3, 0.4) is 0 Å². The van der Waals surface area contributed by atoms with Gasteiger partial charge in [0.2, 0.25) is 0 Å². The molecule has 2 aliphatic carbocycles. The summed E-state index contributed by atoms with van der Waals surface area (Å²) in [7, 11) is 0. The van der Waals surface area contributed by atoms with Gasteiger partial charge in [-0.25, -0.2) is 9.59 Å². The van der Waals surface area contributed by atoms with E-state index in [1.54, 1.807) is 25.2 Å². The zero-order chi connectivity index (χ0) is 26.4. The maximum Gasteiger partial charge on any atom is 0.331 e. The number of esters is 2. The molecule has 0 aromatic rings. The zero-order valence-corrected chi connectivity index (χ0v) is 22.1. The predicted molar refractivity (Wildman–Crippen MR) is 134 cm³/mol. The van der Waals surface area contributed by atoms with E-state index in [4.69, 9.17) is 23.7 Å². The van der Waals surface area contributed by atoms with E-state index in [0.717, 1.165) is 18.4 Å². The van der Waals surface area contributed by atoms with Crippen LogP contribution in [0.5, 0.6) is 0 Å². The van der Waals surface area contributed by atoms with E-state index < -0.39 is 46.7 Å². The average molecular weight is 515 g/mol. The van der Waals surface area contributed by atoms with Crippen molar-refractivity contribution in [3.8, 4) is 0 Å². The Hall–Kier alpha value is -2.26. The number of hydrogen-bond donors (Lipinski definition) is 1. The maximum absolute atomic E-state index is 12.9. The lowest BCUT2D eigenvalue weighted by molar-refractivity contribution is -0.232. The molecule has 1 N–H and O–H groups in total. The summed E-state index contributed by atoms with van der Waals surface area (Å²) < 4.78 is 30.6. The van der Waals surface area contributed by atoms with Crippen LogP contribution in [-0.4, -0.2) is 73.0 Å². The second-order valence-electron chi connectivity index (χ2n) is 11.4. The summed E-state index contributed by atoms with van der Waals surface area (Å²) in [5.41, 5.74) is 0.318. The molecule has 5 aliphatic rings. The third-order valence-corrected chi connectivity index (χ3v) is 9.24. The van der Waals surface area contributed by atoms with Gasteiger partial charge in [0.05, 0.1) is 36.9 Å². The third kappa shape index (κ3) is 4.42. The van der Waals surface area contributed by atoms with Crippen LogP contribution in [0.2, 0.25) is 0 Å². The molecule has 3 aliphatic heterocycles. The molecule has 1 unspecified atom stereocenters. The van der Waals surface area contributed by atoms with Crippen LogP contribution in [0.1, 0.15) is 53.4 Å². The Morgan fingerprint density at radius 3 is 2.57 bits per heavy atom. The van der Waals surface area contributed by atoms with Crippen LogP contribution in [0.4, 0.5) is 0 Å². The summed E-state index contributed by atoms with van der Waals surface area (Å²) in [4.78, 5) is 25.9. The quantitative estimate of drug-likeness (QED) is 0.323. The minimum atomic E-state index is -0.735. The summed E-state index contributed by atoms with van der Waals surface area (Å²) in [6.45, 7) is 8.73. The highest BCUT2D eigenvalue weighted by Gasteiger charge is 2.83. The second-order valence-corrected chi connectivity index (χ2v) is 11.4. The van der Waals surface area contributed by atoms with Crippen LogP contribution in [0, 0.1) is 10.8 Å². The number of epoxide rings is 1. The fourth-order valence-electron chi connectivity index (χ4n) is 6.85. The first kappa shape index (κ1) is 26.4. The number of aliphatic hydroxyl groups is 1. The van der Waals surface area contributed by atoms with Crippen LogP contribution in [0.25, 0.3) is 0 Å². The van der Waals surface area contributed by atoms with E-state index in [9.17, 15) is 14.7 Å². The minimum absolute atomic E-state index is 0.144. The van der Waals surface area contributed by atoms with E-state index in [-0.39, 0.29) is 18.8 Å². The molecule has 37 heavy (non-hydrogen) atoms. The molecular weight excluding hydrogens is 476 g/mol. The molecule has 5 rings (SSSR count). The number of allylic oxidation sites excluding steroid dienone is 3. The number of rotatable bonds is 1. The number of carbonyl (C=O) groups is 2. The highest BCUT2D eigenvalue weighted by molar-refractivity contribution is 5.83. The van der Waals surface area contributed by atoms with E-state index in [1.807, 2.05) is 6.92 Å². The molecule has 202 valence electrons. The first-order chi connectivity index (χ1) is 17.6. The summed E-state index contributed by atoms with van der Waals surface area (Å²) in [5, 5.41) is 10.0. The molecular formula is C29H38O8. The molecule has 2 spiro atoms. The average Bonchev–Trinajstić information content (AvgIpc) is 3.61. The smallest absolute Gasteiger partial charge is 0.331 e. The third-order valence-electron chi connectivity index (χ3n) is 9.24. The van der Waals surface area contributed by atoms with Gasteiger partial charge in [-0.3, -0.25) is 0 Å². The number of cyclic esters (lactones) is 1. The lowest BCUT2D eigenvalue weighted by Gasteiger charge is -2.58. The van der Waals surface area contributed by atoms with Gasteiger partial charge in [0.15, 0.2) is 0 Å². The van der Waals surface area contributed by atoms with Gasteiger partial charge in [0.25, 0.3) is 0 Å². The lowest BCUT2D eigenvalue weighted by atomic mass is 9.51. The number of ether oxygens (including phenoxy) is 5. The Morgan fingerprint density at radius 2 is 1.84 bits per heavy atom. The summed E-state index contributed by atoms with van der Waals surface area (Å²) in [6.07, 6.45) is 10.5. The van der Waals surface area contributed by atoms with Gasteiger partial charge in [-0.2, -0.15) is 0 Å². The van der Waals surface area contributed by atoms with E-state index in [1.165, 1.54) is 17.7 Å². The lowest BCUT2D eigenvalue weighted by Crippen LogP contribution is -2.66. The van der Waals surface area contributed by atoms with E-state index >= 15 is 0 Å². The van der Waals surface area contributed by atoms with Crippen molar-refractivity contribution >= 4 is 11.9 Å². The number of aliphatic hydroxyl groups excluding tert-OH is 1. The standard InChI is InChI=1S/C29H38O8/c1-18-9-11-28-16-34-26(32)14-19(2)10-12-33-21(20(3)30)7-5-6-8-25(31)37-22-15-24(36-23(28)13-18)29(17-35-29)27(22,28)4/h5-8,13-14,20-24,30H,9-12,15-17H2,1-4H3/b7-5-,8-6-,19-14-/t20-,21-,22-,23-,24?,27-,28-,29+/m1/s1. The fraction of sp³-hybridized carbons (Fsp3) is 0.655. The Bertz CT molecular complexity index is 1050. The Labute approximate surface area is 218 Å². The second kappa shape index (κ2) is 9.80. The van der Waals surface area contributed by atoms with Gasteiger partial charge in [-0.15, -0.1) is 0 Å². The van der Waals surface area contributed by atoms with Crippen molar-refractivity contribution in [3.05, 3.63) is 47.6 Å². The molecule has 2 saturated heterocycles. The molecule has 0 aromatic carbocycles. The van der Waals surface area contributed by atoms with Gasteiger partial charge in [0, 0.05) is 24.0 Å². The molecule has 0 radical (unpaired) electrons. The normalized spacial score (nSPS) is 46.2. The SMILES string of the molecule is CC1=C[C@H]2OC3C[C@H]4OC(=O)/C=C\C=C/[C@H]([C@@H](C)O)OCC/C(C)=C\C(=O)OC[C@@]2(CC1)[C@]4(C)[C@]31CO1. The predicted octanol–water partition coefficient (Wildman–Crippen LogP) is 3.34. The summed E-state index contributed by atoms with van der Waals surface area (Å²) in [5.74, 6) is -0.879. The van der Waals surface area contributed by atoms with Crippen LogP contribution >= 0.6 is 0 Å². The molecule has 0 amide bonds. The molecule has 8 heteroatoms. The first-order valence-corrected chi connectivity index (χ1v) is 13.3. The highest BCUT2D eigenvalue weighted by atomic mass is 16.6. The molecule has 8 atom stereocenters. The highest BCUT2D eigenvalue weighted by Crippen LogP contribution is 2.72. The van der Waals surface area contributed by atoms with Gasteiger partial charge in [-0.05, 0) is 40.0 Å². The molecule has 3 fully saturated rings. The van der Waals surface area contributed by atoms with Gasteiger partial charge in [-0.1, -0.05) is 42.4 Å². The Balaban J connectivity index is 1.51. The maximum atomic E-state index is 12.9. The number of hydrogen-bond acceptors (Lipinski definition) is 8. The van der Waals surface area contributed by atoms with Gasteiger partial charge in [0.1, 0.15) is 24.4 Å². The zero-order valence-electron chi connectivity index (χ0n) is 22.1. The fourth-order valence-corrected chi connectivity index (χ4v) is 6.85. The van der Waals surface area contributed by atoms with Crippen molar-refractivity contribution < 1.29 is 38.4 Å². The molecule has 3 heterocycles. The van der Waals surface area contributed by atoms with Crippen LogP contribution in [-0.2, 0) is 33.3 Å². The largest absolute Gasteiger partial charge is 0.462 e. The molecule has 8 nitrogen and oxygen atoms in total. The topological polar surface area (TPSA) is 104 Å². The molecule has 0 aromatic heterocycles. The van der Waals surface area contributed by atoms with Crippen molar-refractivity contribution in [1.29, 1.82) is 0 Å². The van der Waals surface area contributed by atoms with Crippen molar-refractivity contribution in [2.75, 3.05) is 19.8 Å². The van der Waals surface area contributed by atoms with Gasteiger partial charge >= 0.3 is 11.9 Å². The van der Waals surface area contributed by atoms with E-state index in [2.05, 4.69) is 19.9 Å². The summed E-state index contributed by atoms with van der Waals surface area (Å²) >= 11 is 0. The molecule has 2 bridgehead atoms. The van der Waals surface area contributed by atoms with Crippen molar-refractivity contribution in [2.45, 2.75) is 89.5 Å². The molecule has 1 saturated carbocycles. The summed E-state index contributed by atoms with van der Waals surface area (Å²) in [6, 6.07) is 0. The first-order valence-electron chi connectivity index (χ1n) is 13.3.